The highest BCUT2D eigenvalue weighted by atomic mass is 32.1. The van der Waals surface area contributed by atoms with E-state index < -0.39 is 0 Å². The first-order valence-corrected chi connectivity index (χ1v) is 9.60. The first-order valence-electron chi connectivity index (χ1n) is 9.19. The molecule has 0 bridgehead atoms. The molecule has 0 radical (unpaired) electrons. The molecule has 0 spiro atoms. The second kappa shape index (κ2) is 6.82. The van der Waals surface area contributed by atoms with Crippen LogP contribution in [0.4, 0.5) is 5.69 Å². The molecule has 4 nitrogen and oxygen atoms in total. The predicted octanol–water partition coefficient (Wildman–Crippen LogP) is 4.82. The van der Waals surface area contributed by atoms with E-state index in [1.165, 1.54) is 5.56 Å². The Hall–Kier alpha value is -2.66. The molecule has 0 unspecified atom stereocenters. The number of hydrogen-bond acceptors (Lipinski definition) is 2. The lowest BCUT2D eigenvalue weighted by atomic mass is 9.98. The lowest BCUT2D eigenvalue weighted by molar-refractivity contribution is 0.397. The number of hydrogen-bond donors (Lipinski definition) is 1. The summed E-state index contributed by atoms with van der Waals surface area (Å²) in [7, 11) is 0. The summed E-state index contributed by atoms with van der Waals surface area (Å²) in [5.41, 5.74) is 3.33. The van der Waals surface area contributed by atoms with E-state index in [1.807, 2.05) is 36.5 Å². The minimum absolute atomic E-state index is 0.00488. The van der Waals surface area contributed by atoms with Crippen molar-refractivity contribution in [2.45, 2.75) is 38.4 Å². The van der Waals surface area contributed by atoms with Crippen molar-refractivity contribution < 1.29 is 0 Å². The van der Waals surface area contributed by atoms with E-state index in [0.717, 1.165) is 16.5 Å². The van der Waals surface area contributed by atoms with Crippen molar-refractivity contribution in [3.63, 3.8) is 0 Å². The summed E-state index contributed by atoms with van der Waals surface area (Å²) in [6, 6.07) is 18.6. The topological polar surface area (TPSA) is 33.1 Å². The number of nitrogens with zero attached hydrogens (tertiary/aromatic N) is 3. The van der Waals surface area contributed by atoms with Crippen molar-refractivity contribution in [3.05, 3.63) is 84.4 Å². The first-order chi connectivity index (χ1) is 12.9. The SMILES string of the molecule is CC(C)(C)n1ccc([C@@H]2[C@@H](c3ccccn3)NC(=S)N2c2ccccc2)c1. The Balaban J connectivity index is 1.82. The maximum atomic E-state index is 5.74. The molecule has 3 aromatic rings. The molecule has 1 saturated heterocycles. The highest BCUT2D eigenvalue weighted by molar-refractivity contribution is 7.80. The fourth-order valence-corrected chi connectivity index (χ4v) is 3.91. The van der Waals surface area contributed by atoms with Gasteiger partial charge in [-0.05, 0) is 68.9 Å². The normalized spacial score (nSPS) is 20.0. The maximum Gasteiger partial charge on any atom is 0.174 e. The summed E-state index contributed by atoms with van der Waals surface area (Å²) < 4.78 is 2.25. The lowest BCUT2D eigenvalue weighted by Gasteiger charge is -2.27. The largest absolute Gasteiger partial charge is 0.351 e. The predicted molar refractivity (Wildman–Crippen MR) is 114 cm³/mol. The molecule has 0 amide bonds. The zero-order valence-corrected chi connectivity index (χ0v) is 16.6. The molecule has 2 atom stereocenters. The van der Waals surface area contributed by atoms with Crippen LogP contribution < -0.4 is 10.2 Å². The Kier molecular flexibility index (Phi) is 4.48. The third kappa shape index (κ3) is 3.35. The van der Waals surface area contributed by atoms with E-state index >= 15 is 0 Å². The average Bonchev–Trinajstić information content (AvgIpc) is 3.27. The third-order valence-electron chi connectivity index (χ3n) is 4.96. The van der Waals surface area contributed by atoms with Crippen LogP contribution in [0.3, 0.4) is 0 Å². The Morgan fingerprint density at radius 3 is 2.37 bits per heavy atom. The van der Waals surface area contributed by atoms with Gasteiger partial charge in [0.25, 0.3) is 0 Å². The van der Waals surface area contributed by atoms with Crippen LogP contribution in [0, 0.1) is 0 Å². The fraction of sp³-hybridized carbons (Fsp3) is 0.273. The van der Waals surface area contributed by atoms with Crippen molar-refractivity contribution in [3.8, 4) is 0 Å². The summed E-state index contributed by atoms with van der Waals surface area (Å²) >= 11 is 5.74. The van der Waals surface area contributed by atoms with Gasteiger partial charge in [-0.2, -0.15) is 0 Å². The third-order valence-corrected chi connectivity index (χ3v) is 5.28. The van der Waals surface area contributed by atoms with Gasteiger partial charge in [-0.3, -0.25) is 4.98 Å². The number of thiocarbonyl (C=S) groups is 1. The van der Waals surface area contributed by atoms with Crippen molar-refractivity contribution in [2.75, 3.05) is 4.90 Å². The molecule has 27 heavy (non-hydrogen) atoms. The number of benzene rings is 1. The van der Waals surface area contributed by atoms with Gasteiger partial charge in [-0.15, -0.1) is 0 Å². The molecular formula is C22H24N4S. The van der Waals surface area contributed by atoms with E-state index in [4.69, 9.17) is 12.2 Å². The van der Waals surface area contributed by atoms with Gasteiger partial charge in [0.15, 0.2) is 5.11 Å². The minimum Gasteiger partial charge on any atom is -0.351 e. The molecule has 0 saturated carbocycles. The van der Waals surface area contributed by atoms with E-state index in [-0.39, 0.29) is 17.6 Å². The molecule has 3 heterocycles. The van der Waals surface area contributed by atoms with Crippen LogP contribution in [0.2, 0.25) is 0 Å². The van der Waals surface area contributed by atoms with Crippen LogP contribution >= 0.6 is 12.2 Å². The molecule has 2 aromatic heterocycles. The number of rotatable bonds is 3. The van der Waals surface area contributed by atoms with Crippen LogP contribution in [0.5, 0.6) is 0 Å². The van der Waals surface area contributed by atoms with Gasteiger partial charge < -0.3 is 14.8 Å². The van der Waals surface area contributed by atoms with E-state index in [0.29, 0.717) is 0 Å². The molecule has 4 rings (SSSR count). The molecule has 1 aromatic carbocycles. The smallest absolute Gasteiger partial charge is 0.174 e. The van der Waals surface area contributed by atoms with Gasteiger partial charge in [0.2, 0.25) is 0 Å². The van der Waals surface area contributed by atoms with Gasteiger partial charge in [-0.1, -0.05) is 24.3 Å². The van der Waals surface area contributed by atoms with Gasteiger partial charge in [0.1, 0.15) is 0 Å². The molecule has 0 aliphatic carbocycles. The Bertz CT molecular complexity index is 928. The van der Waals surface area contributed by atoms with Crippen LogP contribution in [0.25, 0.3) is 0 Å². The Labute approximate surface area is 165 Å². The molecule has 1 fully saturated rings. The van der Waals surface area contributed by atoms with Crippen LogP contribution in [-0.2, 0) is 5.54 Å². The van der Waals surface area contributed by atoms with E-state index in [1.54, 1.807) is 0 Å². The average molecular weight is 377 g/mol. The first kappa shape index (κ1) is 17.7. The number of anilines is 1. The number of para-hydroxylation sites is 1. The van der Waals surface area contributed by atoms with Crippen molar-refractivity contribution in [2.24, 2.45) is 0 Å². The zero-order valence-electron chi connectivity index (χ0n) is 15.8. The van der Waals surface area contributed by atoms with E-state index in [2.05, 4.69) is 77.2 Å². The molecule has 1 aliphatic heterocycles. The quantitative estimate of drug-likeness (QED) is 0.665. The molecule has 1 aliphatic rings. The molecule has 138 valence electrons. The monoisotopic (exact) mass is 376 g/mol. The van der Waals surface area contributed by atoms with Crippen LogP contribution in [0.15, 0.2) is 73.2 Å². The summed E-state index contributed by atoms with van der Waals surface area (Å²) in [4.78, 5) is 6.80. The number of pyridine rings is 1. The number of nitrogens with one attached hydrogen (secondary N) is 1. The van der Waals surface area contributed by atoms with Gasteiger partial charge >= 0.3 is 0 Å². The van der Waals surface area contributed by atoms with Crippen molar-refractivity contribution in [1.82, 2.24) is 14.9 Å². The summed E-state index contributed by atoms with van der Waals surface area (Å²) in [6.07, 6.45) is 6.21. The Morgan fingerprint density at radius 2 is 1.74 bits per heavy atom. The molecule has 1 N–H and O–H groups in total. The zero-order chi connectivity index (χ0) is 19.0. The standard InChI is InChI=1S/C22H24N4S/c1-22(2,3)25-14-12-16(15-25)20-19(18-11-7-8-13-23-18)24-21(27)26(20)17-9-5-4-6-10-17/h4-15,19-20H,1-3H3,(H,24,27)/t19-,20-/m1/s1. The van der Waals surface area contributed by atoms with Gasteiger partial charge in [0, 0.05) is 29.8 Å². The van der Waals surface area contributed by atoms with Gasteiger partial charge in [-0.25, -0.2) is 0 Å². The van der Waals surface area contributed by atoms with Crippen LogP contribution in [-0.4, -0.2) is 14.7 Å². The number of aromatic nitrogens is 2. The lowest BCUT2D eigenvalue weighted by Crippen LogP contribution is -2.29. The molecule has 5 heteroatoms. The van der Waals surface area contributed by atoms with Gasteiger partial charge in [0.05, 0.1) is 17.8 Å². The summed E-state index contributed by atoms with van der Waals surface area (Å²) in [6.45, 7) is 6.62. The van der Waals surface area contributed by atoms with Crippen LogP contribution in [0.1, 0.15) is 44.1 Å². The van der Waals surface area contributed by atoms with Crippen molar-refractivity contribution >= 4 is 23.0 Å². The summed E-state index contributed by atoms with van der Waals surface area (Å²) in [5.74, 6) is 0. The van der Waals surface area contributed by atoms with E-state index in [9.17, 15) is 0 Å². The summed E-state index contributed by atoms with van der Waals surface area (Å²) in [5, 5.41) is 4.23. The second-order valence-electron chi connectivity index (χ2n) is 7.86. The highest BCUT2D eigenvalue weighted by Crippen LogP contribution is 2.41. The minimum atomic E-state index is -0.00488. The molecular weight excluding hydrogens is 352 g/mol. The highest BCUT2D eigenvalue weighted by Gasteiger charge is 2.41. The van der Waals surface area contributed by atoms with Crippen molar-refractivity contribution in [1.29, 1.82) is 0 Å². The Morgan fingerprint density at radius 1 is 1.00 bits per heavy atom. The second-order valence-corrected chi connectivity index (χ2v) is 8.24. The maximum absolute atomic E-state index is 5.74. The fourth-order valence-electron chi connectivity index (χ4n) is 3.57.